The van der Waals surface area contributed by atoms with Crippen LogP contribution in [0, 0.1) is 0 Å². The summed E-state index contributed by atoms with van der Waals surface area (Å²) < 4.78 is 20.7. The van der Waals surface area contributed by atoms with E-state index >= 15 is 0 Å². The third-order valence-corrected chi connectivity index (χ3v) is 6.23. The van der Waals surface area contributed by atoms with Gasteiger partial charge in [-0.25, -0.2) is 9.97 Å². The van der Waals surface area contributed by atoms with Crippen LogP contribution >= 0.6 is 11.9 Å². The van der Waals surface area contributed by atoms with Gasteiger partial charge in [0.1, 0.15) is 11.4 Å². The molecule has 3 aromatic heterocycles. The fourth-order valence-corrected chi connectivity index (χ4v) is 4.86. The number of aromatic amines is 1. The minimum absolute atomic E-state index is 0.206. The molecule has 9 nitrogen and oxygen atoms in total. The summed E-state index contributed by atoms with van der Waals surface area (Å²) in [6.45, 7) is 6.65. The number of oxazole rings is 1. The number of nitrogens with one attached hydrogen (secondary N) is 2. The number of fused-ring (bicyclic) bond motifs is 1. The highest BCUT2D eigenvalue weighted by molar-refractivity contribution is 7.99. The van der Waals surface area contributed by atoms with Crippen molar-refractivity contribution in [3.8, 4) is 28.5 Å². The second-order valence-corrected chi connectivity index (χ2v) is 9.14. The maximum absolute atomic E-state index is 6.22. The van der Waals surface area contributed by atoms with E-state index in [4.69, 9.17) is 13.9 Å². The number of H-pyrrole nitrogens is 1. The number of benzene rings is 1. The van der Waals surface area contributed by atoms with Gasteiger partial charge in [-0.1, -0.05) is 11.9 Å². The Morgan fingerprint density at radius 2 is 1.94 bits per heavy atom. The summed E-state index contributed by atoms with van der Waals surface area (Å²) in [7, 11) is 1.61. The molecule has 1 saturated heterocycles. The normalized spacial score (nSPS) is 18.9. The number of nitrogens with zero attached hydrogens (tertiary/aromatic N) is 4. The zero-order valence-electron chi connectivity index (χ0n) is 19.7. The van der Waals surface area contributed by atoms with Gasteiger partial charge in [-0.15, -0.1) is 0 Å². The largest absolute Gasteiger partial charge is 0.480 e. The number of anilines is 1. The molecular weight excluding hydrogens is 452 g/mol. The number of hydrogen-bond donors (Lipinski definition) is 2. The van der Waals surface area contributed by atoms with Crippen LogP contribution < -0.4 is 9.46 Å². The molecule has 1 fully saturated rings. The summed E-state index contributed by atoms with van der Waals surface area (Å²) in [5.41, 5.74) is 4.51. The van der Waals surface area contributed by atoms with E-state index in [0.717, 1.165) is 52.1 Å². The number of pyridine rings is 1. The molecule has 0 radical (unpaired) electrons. The third-order valence-electron chi connectivity index (χ3n) is 5.81. The molecule has 34 heavy (non-hydrogen) atoms. The number of hydrogen-bond acceptors (Lipinski definition) is 9. The molecule has 0 aliphatic carbocycles. The predicted molar refractivity (Wildman–Crippen MR) is 134 cm³/mol. The molecule has 4 aromatic rings. The lowest BCUT2D eigenvalue weighted by molar-refractivity contribution is -0.0718. The van der Waals surface area contributed by atoms with E-state index in [0.29, 0.717) is 18.3 Å². The SMILES string of the molecule is COc1ncc(-c2cc(-c3ncc(CN4C[C@@H](C)O[C@@H](C)C4)o3)c3cn[nH]c3c2)cc1NSC. The van der Waals surface area contributed by atoms with Crippen molar-refractivity contribution < 1.29 is 13.9 Å². The molecule has 1 aliphatic heterocycles. The number of methoxy groups -OCH3 is 1. The van der Waals surface area contributed by atoms with Gasteiger partial charge in [-0.05, 0) is 37.6 Å². The average molecular weight is 481 g/mol. The maximum atomic E-state index is 6.22. The first-order valence-electron chi connectivity index (χ1n) is 11.2. The molecular formula is C24H28N6O3S. The molecule has 0 saturated carbocycles. The standard InChI is InChI=1S/C24H28N6O3S/c1-14-11-30(12-15(2)32-14)13-18-9-26-23(33-18)19-5-16(6-21-20(19)10-27-28-21)17-7-22(29-34-4)24(31-3)25-8-17/h5-10,14-15,29H,11-13H2,1-4H3,(H,27,28)/t14-,15+. The fourth-order valence-electron chi connectivity index (χ4n) is 4.49. The molecule has 0 bridgehead atoms. The molecule has 1 aliphatic rings. The van der Waals surface area contributed by atoms with Crippen molar-refractivity contribution in [2.75, 3.05) is 31.2 Å². The average Bonchev–Trinajstić information content (AvgIpc) is 3.47. The molecule has 0 unspecified atom stereocenters. The van der Waals surface area contributed by atoms with Gasteiger partial charge in [0.2, 0.25) is 11.8 Å². The third kappa shape index (κ3) is 4.61. The number of morpholine rings is 1. The van der Waals surface area contributed by atoms with Crippen LogP contribution in [0.3, 0.4) is 0 Å². The summed E-state index contributed by atoms with van der Waals surface area (Å²) in [5.74, 6) is 1.95. The van der Waals surface area contributed by atoms with Crippen molar-refractivity contribution in [2.45, 2.75) is 32.6 Å². The Hall–Kier alpha value is -3.08. The Labute approximate surface area is 202 Å². The number of aromatic nitrogens is 4. The van der Waals surface area contributed by atoms with Crippen molar-refractivity contribution in [1.82, 2.24) is 25.1 Å². The lowest BCUT2D eigenvalue weighted by atomic mass is 10.0. The van der Waals surface area contributed by atoms with E-state index in [9.17, 15) is 0 Å². The fraction of sp³-hybridized carbons (Fsp3) is 0.375. The molecule has 0 spiro atoms. The topological polar surface area (TPSA) is 101 Å². The molecule has 2 N–H and O–H groups in total. The van der Waals surface area contributed by atoms with Crippen LogP contribution in [-0.4, -0.2) is 63.7 Å². The van der Waals surface area contributed by atoms with Crippen LogP contribution in [0.25, 0.3) is 33.5 Å². The number of rotatable bonds is 7. The minimum Gasteiger partial charge on any atom is -0.480 e. The lowest BCUT2D eigenvalue weighted by Gasteiger charge is -2.34. The highest BCUT2D eigenvalue weighted by Gasteiger charge is 2.23. The Kier molecular flexibility index (Phi) is 6.44. The minimum atomic E-state index is 0.206. The molecule has 2 atom stereocenters. The Bertz CT molecular complexity index is 1280. The van der Waals surface area contributed by atoms with E-state index < -0.39 is 0 Å². The van der Waals surface area contributed by atoms with E-state index in [-0.39, 0.29) is 12.2 Å². The monoisotopic (exact) mass is 480 g/mol. The van der Waals surface area contributed by atoms with E-state index in [2.05, 4.69) is 55.8 Å². The van der Waals surface area contributed by atoms with Gasteiger partial charge in [0.05, 0.1) is 43.8 Å². The zero-order chi connectivity index (χ0) is 23.7. The first-order valence-corrected chi connectivity index (χ1v) is 12.4. The summed E-state index contributed by atoms with van der Waals surface area (Å²) in [6.07, 6.45) is 7.78. The van der Waals surface area contributed by atoms with Gasteiger partial charge in [0, 0.05) is 42.1 Å². The van der Waals surface area contributed by atoms with E-state index in [1.807, 2.05) is 18.5 Å². The first kappa shape index (κ1) is 22.7. The zero-order valence-corrected chi connectivity index (χ0v) is 20.5. The van der Waals surface area contributed by atoms with Crippen LogP contribution in [0.15, 0.2) is 41.2 Å². The van der Waals surface area contributed by atoms with Gasteiger partial charge in [-0.3, -0.25) is 10.00 Å². The van der Waals surface area contributed by atoms with Gasteiger partial charge in [0.25, 0.3) is 0 Å². The summed E-state index contributed by atoms with van der Waals surface area (Å²) in [4.78, 5) is 11.4. The highest BCUT2D eigenvalue weighted by atomic mass is 32.2. The Morgan fingerprint density at radius 3 is 2.71 bits per heavy atom. The van der Waals surface area contributed by atoms with Crippen molar-refractivity contribution in [3.63, 3.8) is 0 Å². The lowest BCUT2D eigenvalue weighted by Crippen LogP contribution is -2.44. The van der Waals surface area contributed by atoms with Gasteiger partial charge in [-0.2, -0.15) is 5.10 Å². The molecule has 4 heterocycles. The molecule has 5 rings (SSSR count). The van der Waals surface area contributed by atoms with Gasteiger partial charge < -0.3 is 18.6 Å². The van der Waals surface area contributed by atoms with Gasteiger partial charge >= 0.3 is 0 Å². The summed E-state index contributed by atoms with van der Waals surface area (Å²) >= 11 is 1.49. The molecule has 10 heteroatoms. The molecule has 178 valence electrons. The number of ether oxygens (including phenoxy) is 2. The maximum Gasteiger partial charge on any atom is 0.237 e. The smallest absolute Gasteiger partial charge is 0.237 e. The van der Waals surface area contributed by atoms with Crippen LogP contribution in [-0.2, 0) is 11.3 Å². The van der Waals surface area contributed by atoms with Gasteiger partial charge in [0.15, 0.2) is 0 Å². The molecule has 1 aromatic carbocycles. The molecule has 0 amide bonds. The first-order chi connectivity index (χ1) is 16.5. The second-order valence-electron chi connectivity index (χ2n) is 8.53. The van der Waals surface area contributed by atoms with Crippen LogP contribution in [0.5, 0.6) is 5.88 Å². The summed E-state index contributed by atoms with van der Waals surface area (Å²) in [5, 5.41) is 8.28. The van der Waals surface area contributed by atoms with E-state index in [1.165, 1.54) is 11.9 Å². The van der Waals surface area contributed by atoms with Crippen molar-refractivity contribution in [1.29, 1.82) is 0 Å². The Morgan fingerprint density at radius 1 is 1.12 bits per heavy atom. The van der Waals surface area contributed by atoms with Crippen molar-refractivity contribution in [2.24, 2.45) is 0 Å². The van der Waals surface area contributed by atoms with Crippen molar-refractivity contribution >= 4 is 28.5 Å². The Balaban J connectivity index is 1.48. The predicted octanol–water partition coefficient (Wildman–Crippen LogP) is 4.59. The van der Waals surface area contributed by atoms with Crippen LogP contribution in [0.1, 0.15) is 19.6 Å². The van der Waals surface area contributed by atoms with E-state index in [1.54, 1.807) is 19.5 Å². The quantitative estimate of drug-likeness (QED) is 0.368. The highest BCUT2D eigenvalue weighted by Crippen LogP contribution is 2.35. The van der Waals surface area contributed by atoms with Crippen LogP contribution in [0.2, 0.25) is 0 Å². The van der Waals surface area contributed by atoms with Crippen molar-refractivity contribution in [3.05, 3.63) is 42.5 Å². The summed E-state index contributed by atoms with van der Waals surface area (Å²) in [6, 6.07) is 6.14. The second kappa shape index (κ2) is 9.65. The van der Waals surface area contributed by atoms with Crippen LogP contribution in [0.4, 0.5) is 5.69 Å².